The number of nitrogens with one attached hydrogen (secondary N) is 1. The third-order valence-corrected chi connectivity index (χ3v) is 4.37. The Kier molecular flexibility index (Phi) is 5.06. The van der Waals surface area contributed by atoms with Crippen molar-refractivity contribution >= 4 is 17.5 Å². The molecule has 0 aromatic heterocycles. The van der Waals surface area contributed by atoms with Crippen LogP contribution in [0.15, 0.2) is 24.3 Å². The number of hydrogen-bond acceptors (Lipinski definition) is 2. The van der Waals surface area contributed by atoms with Crippen molar-refractivity contribution in [3.63, 3.8) is 0 Å². The molecule has 0 saturated heterocycles. The second-order valence-electron chi connectivity index (χ2n) is 5.87. The van der Waals surface area contributed by atoms with E-state index in [0.29, 0.717) is 11.4 Å². The van der Waals surface area contributed by atoms with Gasteiger partial charge in [-0.25, -0.2) is 0 Å². The number of halogens is 1. The van der Waals surface area contributed by atoms with Crippen molar-refractivity contribution < 1.29 is 9.90 Å². The van der Waals surface area contributed by atoms with E-state index in [0.717, 1.165) is 31.2 Å². The summed E-state index contributed by atoms with van der Waals surface area (Å²) in [5.74, 6) is -0.113. The van der Waals surface area contributed by atoms with E-state index in [1.165, 1.54) is 0 Å². The first-order valence-corrected chi connectivity index (χ1v) is 7.60. The van der Waals surface area contributed by atoms with Crippen molar-refractivity contribution in [2.75, 3.05) is 6.61 Å². The van der Waals surface area contributed by atoms with E-state index in [4.69, 9.17) is 11.6 Å². The molecule has 4 heteroatoms. The minimum atomic E-state index is -0.389. The average molecular weight is 296 g/mol. The molecule has 1 saturated carbocycles. The number of amides is 1. The van der Waals surface area contributed by atoms with Gasteiger partial charge in [-0.3, -0.25) is 4.79 Å². The van der Waals surface area contributed by atoms with Gasteiger partial charge in [0.05, 0.1) is 12.1 Å². The quantitative estimate of drug-likeness (QED) is 0.877. The van der Waals surface area contributed by atoms with Crippen molar-refractivity contribution in [1.82, 2.24) is 5.32 Å². The molecule has 3 nitrogen and oxygen atoms in total. The number of rotatable bonds is 5. The lowest BCUT2D eigenvalue weighted by molar-refractivity contribution is -0.127. The summed E-state index contributed by atoms with van der Waals surface area (Å²) in [6.45, 7) is 1.94. The second kappa shape index (κ2) is 6.59. The van der Waals surface area contributed by atoms with Gasteiger partial charge in [-0.15, -0.1) is 0 Å². The van der Waals surface area contributed by atoms with Crippen LogP contribution in [-0.2, 0) is 11.2 Å². The summed E-state index contributed by atoms with van der Waals surface area (Å²) < 4.78 is 0. The van der Waals surface area contributed by atoms with Crippen LogP contribution in [0.25, 0.3) is 0 Å². The van der Waals surface area contributed by atoms with Gasteiger partial charge in [0.15, 0.2) is 0 Å². The summed E-state index contributed by atoms with van der Waals surface area (Å²) in [7, 11) is 0. The predicted octanol–water partition coefficient (Wildman–Crippen LogP) is 2.94. The predicted molar refractivity (Wildman–Crippen MR) is 80.7 cm³/mol. The minimum Gasteiger partial charge on any atom is -0.394 e. The van der Waals surface area contributed by atoms with E-state index in [1.54, 1.807) is 0 Å². The molecule has 0 spiro atoms. The SMILES string of the molecule is CC(Cc1cccc(Cl)c1)C(=O)NC1(CO)CCCC1. The van der Waals surface area contributed by atoms with Crippen molar-refractivity contribution in [1.29, 1.82) is 0 Å². The molecule has 0 heterocycles. The summed E-state index contributed by atoms with van der Waals surface area (Å²) in [6, 6.07) is 7.60. The molecule has 20 heavy (non-hydrogen) atoms. The van der Waals surface area contributed by atoms with Crippen molar-refractivity contribution in [2.24, 2.45) is 5.92 Å². The van der Waals surface area contributed by atoms with Gasteiger partial charge >= 0.3 is 0 Å². The molecule has 1 aromatic rings. The molecule has 110 valence electrons. The highest BCUT2D eigenvalue weighted by atomic mass is 35.5. The lowest BCUT2D eigenvalue weighted by Gasteiger charge is -2.29. The first-order valence-electron chi connectivity index (χ1n) is 7.22. The summed E-state index contributed by atoms with van der Waals surface area (Å²) >= 11 is 5.96. The van der Waals surface area contributed by atoms with Gasteiger partial charge in [0.2, 0.25) is 5.91 Å². The van der Waals surface area contributed by atoms with Crippen molar-refractivity contribution in [2.45, 2.75) is 44.6 Å². The van der Waals surface area contributed by atoms with Crippen LogP contribution in [0, 0.1) is 5.92 Å². The zero-order valence-electron chi connectivity index (χ0n) is 11.9. The molecule has 1 aliphatic carbocycles. The Morgan fingerprint density at radius 1 is 1.45 bits per heavy atom. The van der Waals surface area contributed by atoms with Crippen molar-refractivity contribution in [3.05, 3.63) is 34.9 Å². The zero-order chi connectivity index (χ0) is 14.6. The fourth-order valence-electron chi connectivity index (χ4n) is 2.87. The van der Waals surface area contributed by atoms with Crippen LogP contribution in [0.2, 0.25) is 5.02 Å². The average Bonchev–Trinajstić information content (AvgIpc) is 2.88. The molecule has 2 rings (SSSR count). The Hall–Kier alpha value is -1.06. The molecule has 1 aromatic carbocycles. The van der Waals surface area contributed by atoms with E-state index in [-0.39, 0.29) is 24.0 Å². The largest absolute Gasteiger partial charge is 0.394 e. The van der Waals surface area contributed by atoms with E-state index in [1.807, 2.05) is 31.2 Å². The molecule has 1 amide bonds. The number of hydrogen-bond donors (Lipinski definition) is 2. The second-order valence-corrected chi connectivity index (χ2v) is 6.31. The third-order valence-electron chi connectivity index (χ3n) is 4.13. The molecule has 1 aliphatic rings. The summed E-state index contributed by atoms with van der Waals surface area (Å²) in [4.78, 5) is 12.3. The van der Waals surface area contributed by atoms with E-state index in [2.05, 4.69) is 5.32 Å². The molecule has 1 fully saturated rings. The lowest BCUT2D eigenvalue weighted by atomic mass is 9.95. The Morgan fingerprint density at radius 2 is 2.15 bits per heavy atom. The number of benzene rings is 1. The normalized spacial score (nSPS) is 18.8. The fourth-order valence-corrected chi connectivity index (χ4v) is 3.08. The Bertz CT molecular complexity index is 469. The molecule has 1 atom stereocenters. The summed E-state index contributed by atoms with van der Waals surface area (Å²) in [5, 5.41) is 13.3. The monoisotopic (exact) mass is 295 g/mol. The Labute approximate surface area is 125 Å². The topological polar surface area (TPSA) is 49.3 Å². The smallest absolute Gasteiger partial charge is 0.223 e. The van der Waals surface area contributed by atoms with Crippen LogP contribution in [0.5, 0.6) is 0 Å². The van der Waals surface area contributed by atoms with Gasteiger partial charge in [0.1, 0.15) is 0 Å². The van der Waals surface area contributed by atoms with Crippen LogP contribution in [0.3, 0.4) is 0 Å². The molecular weight excluding hydrogens is 274 g/mol. The number of carbonyl (C=O) groups excluding carboxylic acids is 1. The molecule has 0 bridgehead atoms. The van der Waals surface area contributed by atoms with Gasteiger partial charge in [-0.05, 0) is 37.0 Å². The molecule has 1 unspecified atom stereocenters. The molecule has 0 aliphatic heterocycles. The fraction of sp³-hybridized carbons (Fsp3) is 0.562. The third kappa shape index (κ3) is 3.74. The number of aliphatic hydroxyl groups excluding tert-OH is 1. The molecular formula is C16H22ClNO2. The van der Waals surface area contributed by atoms with Crippen LogP contribution in [0.1, 0.15) is 38.2 Å². The van der Waals surface area contributed by atoms with Gasteiger partial charge in [0, 0.05) is 10.9 Å². The highest BCUT2D eigenvalue weighted by molar-refractivity contribution is 6.30. The maximum atomic E-state index is 12.3. The zero-order valence-corrected chi connectivity index (χ0v) is 12.6. The first kappa shape index (κ1) is 15.3. The van der Waals surface area contributed by atoms with E-state index >= 15 is 0 Å². The van der Waals surface area contributed by atoms with Gasteiger partial charge in [-0.2, -0.15) is 0 Å². The number of aliphatic hydroxyl groups is 1. The summed E-state index contributed by atoms with van der Waals surface area (Å²) in [5.41, 5.74) is 0.671. The Morgan fingerprint density at radius 3 is 2.75 bits per heavy atom. The molecule has 0 radical (unpaired) electrons. The first-order chi connectivity index (χ1) is 9.54. The number of carbonyl (C=O) groups is 1. The van der Waals surface area contributed by atoms with Crippen LogP contribution >= 0.6 is 11.6 Å². The summed E-state index contributed by atoms with van der Waals surface area (Å²) in [6.07, 6.45) is 4.55. The van der Waals surface area contributed by atoms with Crippen LogP contribution < -0.4 is 5.32 Å². The highest BCUT2D eigenvalue weighted by Crippen LogP contribution is 2.29. The van der Waals surface area contributed by atoms with Gasteiger partial charge in [-0.1, -0.05) is 43.5 Å². The highest BCUT2D eigenvalue weighted by Gasteiger charge is 2.35. The van der Waals surface area contributed by atoms with E-state index < -0.39 is 0 Å². The Balaban J connectivity index is 1.95. The van der Waals surface area contributed by atoms with Crippen molar-refractivity contribution in [3.8, 4) is 0 Å². The maximum Gasteiger partial charge on any atom is 0.223 e. The maximum absolute atomic E-state index is 12.3. The lowest BCUT2D eigenvalue weighted by Crippen LogP contribution is -2.51. The van der Waals surface area contributed by atoms with E-state index in [9.17, 15) is 9.90 Å². The minimum absolute atomic E-state index is 0.0147. The van der Waals surface area contributed by atoms with Crippen LogP contribution in [0.4, 0.5) is 0 Å². The van der Waals surface area contributed by atoms with Gasteiger partial charge < -0.3 is 10.4 Å². The van der Waals surface area contributed by atoms with Gasteiger partial charge in [0.25, 0.3) is 0 Å². The van der Waals surface area contributed by atoms with Crippen LogP contribution in [-0.4, -0.2) is 23.2 Å². The molecule has 2 N–H and O–H groups in total. The standard InChI is InChI=1S/C16H22ClNO2/c1-12(9-13-5-4-6-14(17)10-13)15(20)18-16(11-19)7-2-3-8-16/h4-6,10,12,19H,2-3,7-9,11H2,1H3,(H,18,20).